The van der Waals surface area contributed by atoms with Crippen molar-refractivity contribution in [2.45, 2.75) is 24.0 Å². The van der Waals surface area contributed by atoms with Crippen molar-refractivity contribution in [1.29, 1.82) is 0 Å². The van der Waals surface area contributed by atoms with Crippen molar-refractivity contribution in [3.05, 3.63) is 64.9 Å². The van der Waals surface area contributed by atoms with Crippen LogP contribution in [0.5, 0.6) is 0 Å². The van der Waals surface area contributed by atoms with Crippen molar-refractivity contribution >= 4 is 33.4 Å². The number of halogens is 2. The molecule has 1 heterocycles. The fraction of sp³-hybridized carbons (Fsp3) is 0.333. The van der Waals surface area contributed by atoms with Crippen molar-refractivity contribution in [3.8, 4) is 0 Å². The Hall–Kier alpha value is -2.53. The summed E-state index contributed by atoms with van der Waals surface area (Å²) in [4.78, 5) is 24.2. The van der Waals surface area contributed by atoms with Crippen LogP contribution in [0.1, 0.15) is 12.0 Å². The molecule has 0 spiro atoms. The zero-order chi connectivity index (χ0) is 23.1. The largest absolute Gasteiger partial charge is 0.360 e. The van der Waals surface area contributed by atoms with Gasteiger partial charge in [0.25, 0.3) is 0 Å². The highest BCUT2D eigenvalue weighted by Gasteiger charge is 2.34. The number of benzene rings is 2. The number of rotatable bonds is 7. The Morgan fingerprint density at radius 2 is 1.72 bits per heavy atom. The number of ether oxygens (including phenoxy) is 1. The molecule has 11 heteroatoms. The van der Waals surface area contributed by atoms with Crippen LogP contribution in [-0.4, -0.2) is 57.0 Å². The topological polar surface area (TPSA) is 105 Å². The second-order valence-electron chi connectivity index (χ2n) is 7.09. The Morgan fingerprint density at radius 3 is 2.41 bits per heavy atom. The van der Waals surface area contributed by atoms with Crippen molar-refractivity contribution in [2.75, 3.05) is 26.2 Å². The lowest BCUT2D eigenvalue weighted by molar-refractivity contribution is -0.140. The molecule has 2 aromatic carbocycles. The zero-order valence-corrected chi connectivity index (χ0v) is 18.7. The van der Waals surface area contributed by atoms with E-state index in [-0.39, 0.29) is 30.3 Å². The van der Waals surface area contributed by atoms with E-state index in [0.29, 0.717) is 24.5 Å². The molecule has 1 atom stereocenters. The standard InChI is InChI=1S/C21H23ClFN3O5S/c22-16-4-8-18(9-5-16)32(29,30)26-12-1-13-31-19(26)14-25-21(28)20(27)24-11-10-15-2-6-17(23)7-3-15/h2-9,19H,1,10-14H2,(H,24,27)(H,25,28). The van der Waals surface area contributed by atoms with Gasteiger partial charge >= 0.3 is 11.8 Å². The SMILES string of the molecule is O=C(NCCc1ccc(F)cc1)C(=O)NCC1OCCCN1S(=O)(=O)c1ccc(Cl)cc1. The second kappa shape index (κ2) is 10.9. The molecule has 172 valence electrons. The minimum Gasteiger partial charge on any atom is -0.360 e. The van der Waals surface area contributed by atoms with Gasteiger partial charge in [0.15, 0.2) is 0 Å². The van der Waals surface area contributed by atoms with Gasteiger partial charge in [-0.1, -0.05) is 23.7 Å². The molecule has 0 aliphatic carbocycles. The minimum atomic E-state index is -3.87. The summed E-state index contributed by atoms with van der Waals surface area (Å²) < 4.78 is 45.6. The Bertz CT molecular complexity index is 1050. The quantitative estimate of drug-likeness (QED) is 0.583. The van der Waals surface area contributed by atoms with E-state index in [2.05, 4.69) is 10.6 Å². The van der Waals surface area contributed by atoms with E-state index in [4.69, 9.17) is 16.3 Å². The van der Waals surface area contributed by atoms with E-state index in [1.54, 1.807) is 12.1 Å². The van der Waals surface area contributed by atoms with Gasteiger partial charge in [0, 0.05) is 18.1 Å². The first-order chi connectivity index (χ1) is 15.3. The van der Waals surface area contributed by atoms with Crippen molar-refractivity contribution < 1.29 is 27.1 Å². The van der Waals surface area contributed by atoms with Crippen LogP contribution >= 0.6 is 11.6 Å². The van der Waals surface area contributed by atoms with Gasteiger partial charge in [-0.2, -0.15) is 4.31 Å². The highest BCUT2D eigenvalue weighted by atomic mass is 35.5. The van der Waals surface area contributed by atoms with E-state index >= 15 is 0 Å². The van der Waals surface area contributed by atoms with Crippen LogP contribution in [-0.2, 0) is 30.8 Å². The van der Waals surface area contributed by atoms with E-state index in [9.17, 15) is 22.4 Å². The fourth-order valence-electron chi connectivity index (χ4n) is 3.16. The summed E-state index contributed by atoms with van der Waals surface area (Å²) in [6, 6.07) is 11.6. The number of hydrogen-bond donors (Lipinski definition) is 2. The minimum absolute atomic E-state index is 0.0577. The highest BCUT2D eigenvalue weighted by Crippen LogP contribution is 2.23. The average Bonchev–Trinajstić information content (AvgIpc) is 2.79. The number of nitrogens with one attached hydrogen (secondary N) is 2. The van der Waals surface area contributed by atoms with Gasteiger partial charge in [-0.3, -0.25) is 9.59 Å². The van der Waals surface area contributed by atoms with Gasteiger partial charge in [-0.05, 0) is 54.8 Å². The number of nitrogens with zero attached hydrogens (tertiary/aromatic N) is 1. The van der Waals surface area contributed by atoms with Gasteiger partial charge in [0.2, 0.25) is 10.0 Å². The molecule has 1 fully saturated rings. The van der Waals surface area contributed by atoms with Crippen LogP contribution in [0.4, 0.5) is 4.39 Å². The maximum Gasteiger partial charge on any atom is 0.309 e. The maximum absolute atomic E-state index is 13.0. The Labute approximate surface area is 190 Å². The molecule has 2 aromatic rings. The second-order valence-corrected chi connectivity index (χ2v) is 9.42. The number of sulfonamides is 1. The monoisotopic (exact) mass is 483 g/mol. The van der Waals surface area contributed by atoms with E-state index in [0.717, 1.165) is 9.87 Å². The lowest BCUT2D eigenvalue weighted by Crippen LogP contribution is -2.53. The third-order valence-electron chi connectivity index (χ3n) is 4.83. The smallest absolute Gasteiger partial charge is 0.309 e. The summed E-state index contributed by atoms with van der Waals surface area (Å²) >= 11 is 5.83. The molecule has 3 rings (SSSR count). The predicted octanol–water partition coefficient (Wildman–Crippen LogP) is 1.69. The van der Waals surface area contributed by atoms with Crippen LogP contribution in [0.15, 0.2) is 53.4 Å². The molecule has 1 aliphatic heterocycles. The van der Waals surface area contributed by atoms with E-state index in [1.807, 2.05) is 0 Å². The Kier molecular flexibility index (Phi) is 8.19. The molecule has 0 saturated carbocycles. The summed E-state index contributed by atoms with van der Waals surface area (Å²) in [5.74, 6) is -2.11. The molecule has 32 heavy (non-hydrogen) atoms. The van der Waals surface area contributed by atoms with Crippen molar-refractivity contribution in [2.24, 2.45) is 0 Å². The first-order valence-electron chi connectivity index (χ1n) is 9.97. The third kappa shape index (κ3) is 6.26. The molecule has 1 saturated heterocycles. The molecule has 0 bridgehead atoms. The highest BCUT2D eigenvalue weighted by molar-refractivity contribution is 7.89. The fourth-order valence-corrected chi connectivity index (χ4v) is 4.85. The van der Waals surface area contributed by atoms with Gasteiger partial charge in [0.05, 0.1) is 18.0 Å². The van der Waals surface area contributed by atoms with Gasteiger partial charge in [-0.15, -0.1) is 0 Å². The summed E-state index contributed by atoms with van der Waals surface area (Å²) in [6.45, 7) is 0.554. The summed E-state index contributed by atoms with van der Waals surface area (Å²) in [5.41, 5.74) is 0.811. The molecule has 0 radical (unpaired) electrons. The Balaban J connectivity index is 1.53. The van der Waals surface area contributed by atoms with Crippen LogP contribution in [0.25, 0.3) is 0 Å². The number of carbonyl (C=O) groups is 2. The first-order valence-corrected chi connectivity index (χ1v) is 11.8. The van der Waals surface area contributed by atoms with Gasteiger partial charge in [-0.25, -0.2) is 12.8 Å². The van der Waals surface area contributed by atoms with Crippen LogP contribution < -0.4 is 10.6 Å². The van der Waals surface area contributed by atoms with Crippen molar-refractivity contribution in [3.63, 3.8) is 0 Å². The molecule has 2 amide bonds. The van der Waals surface area contributed by atoms with Crippen LogP contribution in [0.2, 0.25) is 5.02 Å². The zero-order valence-electron chi connectivity index (χ0n) is 17.1. The molecule has 8 nitrogen and oxygen atoms in total. The predicted molar refractivity (Wildman–Crippen MR) is 116 cm³/mol. The van der Waals surface area contributed by atoms with E-state index < -0.39 is 28.1 Å². The lowest BCUT2D eigenvalue weighted by Gasteiger charge is -2.34. The maximum atomic E-state index is 13.0. The van der Waals surface area contributed by atoms with Gasteiger partial charge < -0.3 is 15.4 Å². The molecular weight excluding hydrogens is 461 g/mol. The average molecular weight is 484 g/mol. The van der Waals surface area contributed by atoms with Crippen molar-refractivity contribution in [1.82, 2.24) is 14.9 Å². The normalized spacial score (nSPS) is 17.0. The molecule has 2 N–H and O–H groups in total. The molecule has 1 aliphatic rings. The van der Waals surface area contributed by atoms with E-state index in [1.165, 1.54) is 36.4 Å². The van der Waals surface area contributed by atoms with Crippen LogP contribution in [0, 0.1) is 5.82 Å². The molecular formula is C21H23ClFN3O5S. The number of amides is 2. The molecule has 1 unspecified atom stereocenters. The summed E-state index contributed by atoms with van der Waals surface area (Å²) in [6.07, 6.45) is -0.0142. The van der Waals surface area contributed by atoms with Gasteiger partial charge in [0.1, 0.15) is 12.0 Å². The number of carbonyl (C=O) groups excluding carboxylic acids is 2. The first kappa shape index (κ1) is 24.1. The third-order valence-corrected chi connectivity index (χ3v) is 6.99. The summed E-state index contributed by atoms with van der Waals surface area (Å²) in [5, 5.41) is 5.30. The Morgan fingerprint density at radius 1 is 1.06 bits per heavy atom. The summed E-state index contributed by atoms with van der Waals surface area (Å²) in [7, 11) is -3.87. The number of hydrogen-bond acceptors (Lipinski definition) is 5. The lowest BCUT2D eigenvalue weighted by atomic mass is 10.1. The molecule has 0 aromatic heterocycles. The van der Waals surface area contributed by atoms with Crippen LogP contribution in [0.3, 0.4) is 0 Å².